The maximum absolute atomic E-state index is 13.4. The number of methoxy groups -OCH3 is 2. The summed E-state index contributed by atoms with van der Waals surface area (Å²) in [5, 5.41) is 0. The molecule has 2 aromatic carbocycles. The van der Waals surface area contributed by atoms with Crippen molar-refractivity contribution in [2.24, 2.45) is 5.73 Å². The van der Waals surface area contributed by atoms with Gasteiger partial charge in [-0.05, 0) is 43.0 Å². The van der Waals surface area contributed by atoms with E-state index in [1.165, 1.54) is 25.3 Å². The predicted octanol–water partition coefficient (Wildman–Crippen LogP) is 2.85. The highest BCUT2D eigenvalue weighted by Gasteiger charge is 2.32. The molecule has 0 spiro atoms. The summed E-state index contributed by atoms with van der Waals surface area (Å²) in [4.78, 5) is 26.3. The first-order chi connectivity index (χ1) is 14.0. The number of likely N-dealkylation sites (tertiary alicyclic amines) is 1. The van der Waals surface area contributed by atoms with Crippen molar-refractivity contribution in [3.63, 3.8) is 0 Å². The minimum absolute atomic E-state index is 0.0338. The van der Waals surface area contributed by atoms with Gasteiger partial charge < -0.3 is 24.8 Å². The molecule has 0 radical (unpaired) electrons. The lowest BCUT2D eigenvalue weighted by molar-refractivity contribution is -0.120. The van der Waals surface area contributed by atoms with E-state index in [9.17, 15) is 9.59 Å². The molecule has 2 aromatic rings. The van der Waals surface area contributed by atoms with E-state index in [2.05, 4.69) is 19.1 Å². The summed E-state index contributed by atoms with van der Waals surface area (Å²) in [7, 11) is 2.93. The number of amides is 2. The van der Waals surface area contributed by atoms with Crippen LogP contribution in [-0.2, 0) is 4.79 Å². The number of primary amides is 1. The van der Waals surface area contributed by atoms with E-state index in [1.54, 1.807) is 12.1 Å². The zero-order valence-corrected chi connectivity index (χ0v) is 16.9. The number of nitrogens with zero attached hydrogens (tertiary/aromatic N) is 1. The van der Waals surface area contributed by atoms with Crippen molar-refractivity contribution in [2.75, 3.05) is 27.4 Å². The van der Waals surface area contributed by atoms with Gasteiger partial charge in [0.15, 0.2) is 18.1 Å². The SMILES string of the molecule is COc1cc(C(=O)N2CCCC2c2ccccc2C)cc(OC)c1OCC(N)=O. The number of ether oxygens (including phenoxy) is 3. The number of carbonyl (C=O) groups is 2. The second kappa shape index (κ2) is 8.86. The summed E-state index contributed by atoms with van der Waals surface area (Å²) < 4.78 is 16.2. The first-order valence-corrected chi connectivity index (χ1v) is 9.50. The lowest BCUT2D eigenvalue weighted by Gasteiger charge is -2.27. The zero-order chi connectivity index (χ0) is 21.0. The minimum Gasteiger partial charge on any atom is -0.493 e. The summed E-state index contributed by atoms with van der Waals surface area (Å²) in [5.74, 6) is 0.129. The molecule has 1 saturated heterocycles. The van der Waals surface area contributed by atoms with Gasteiger partial charge in [-0.25, -0.2) is 0 Å². The Morgan fingerprint density at radius 2 is 1.79 bits per heavy atom. The van der Waals surface area contributed by atoms with Crippen LogP contribution in [0.15, 0.2) is 36.4 Å². The summed E-state index contributed by atoms with van der Waals surface area (Å²) >= 11 is 0. The summed E-state index contributed by atoms with van der Waals surface area (Å²) in [6.45, 7) is 2.43. The fraction of sp³-hybridized carbons (Fsp3) is 0.364. The van der Waals surface area contributed by atoms with Gasteiger partial charge in [0.05, 0.1) is 20.3 Å². The van der Waals surface area contributed by atoms with E-state index >= 15 is 0 Å². The van der Waals surface area contributed by atoms with Crippen LogP contribution in [0.1, 0.15) is 40.4 Å². The van der Waals surface area contributed by atoms with Crippen LogP contribution < -0.4 is 19.9 Å². The van der Waals surface area contributed by atoms with E-state index < -0.39 is 5.91 Å². The molecule has 7 nitrogen and oxygen atoms in total. The quantitative estimate of drug-likeness (QED) is 0.774. The molecule has 0 bridgehead atoms. The highest BCUT2D eigenvalue weighted by atomic mass is 16.5. The number of hydrogen-bond acceptors (Lipinski definition) is 5. The lowest BCUT2D eigenvalue weighted by Crippen LogP contribution is -2.31. The van der Waals surface area contributed by atoms with Gasteiger partial charge in [-0.15, -0.1) is 0 Å². The first kappa shape index (κ1) is 20.5. The van der Waals surface area contributed by atoms with E-state index in [0.29, 0.717) is 23.6 Å². The Morgan fingerprint density at radius 3 is 2.38 bits per heavy atom. The standard InChI is InChI=1S/C22H26N2O5/c1-14-7-4-5-8-16(14)17-9-6-10-24(17)22(26)15-11-18(27-2)21(19(12-15)28-3)29-13-20(23)25/h4-5,7-8,11-12,17H,6,9-10,13H2,1-3H3,(H2,23,25). The normalized spacial score (nSPS) is 15.8. The summed E-state index contributed by atoms with van der Waals surface area (Å²) in [5.41, 5.74) is 7.93. The average molecular weight is 398 g/mol. The van der Waals surface area contributed by atoms with Crippen molar-refractivity contribution in [3.8, 4) is 17.2 Å². The van der Waals surface area contributed by atoms with Crippen LogP contribution >= 0.6 is 0 Å². The van der Waals surface area contributed by atoms with Crippen LogP contribution in [0.3, 0.4) is 0 Å². The highest BCUT2D eigenvalue weighted by molar-refractivity contribution is 5.96. The molecule has 7 heteroatoms. The second-order valence-electron chi connectivity index (χ2n) is 6.98. The van der Waals surface area contributed by atoms with Crippen molar-refractivity contribution >= 4 is 11.8 Å². The Bertz CT molecular complexity index is 887. The van der Waals surface area contributed by atoms with E-state index in [4.69, 9.17) is 19.9 Å². The van der Waals surface area contributed by atoms with Crippen LogP contribution in [0.4, 0.5) is 0 Å². The van der Waals surface area contributed by atoms with Gasteiger partial charge in [-0.3, -0.25) is 9.59 Å². The maximum Gasteiger partial charge on any atom is 0.255 e. The molecule has 1 fully saturated rings. The molecule has 1 aliphatic rings. The fourth-order valence-electron chi connectivity index (χ4n) is 3.75. The molecule has 1 unspecified atom stereocenters. The molecule has 0 saturated carbocycles. The highest BCUT2D eigenvalue weighted by Crippen LogP contribution is 2.40. The van der Waals surface area contributed by atoms with Gasteiger partial charge in [0.1, 0.15) is 0 Å². The van der Waals surface area contributed by atoms with Gasteiger partial charge in [0, 0.05) is 12.1 Å². The summed E-state index contributed by atoms with van der Waals surface area (Å²) in [6, 6.07) is 11.4. The Balaban J connectivity index is 1.94. The Kier molecular flexibility index (Phi) is 6.26. The van der Waals surface area contributed by atoms with Gasteiger partial charge in [-0.1, -0.05) is 24.3 Å². The molecule has 1 heterocycles. The van der Waals surface area contributed by atoms with Crippen molar-refractivity contribution in [1.82, 2.24) is 4.90 Å². The number of carbonyl (C=O) groups excluding carboxylic acids is 2. The topological polar surface area (TPSA) is 91.1 Å². The van der Waals surface area contributed by atoms with E-state index in [0.717, 1.165) is 12.8 Å². The Labute approximate surface area is 170 Å². The molecule has 154 valence electrons. The smallest absolute Gasteiger partial charge is 0.255 e. The maximum atomic E-state index is 13.4. The van der Waals surface area contributed by atoms with Crippen molar-refractivity contribution in [2.45, 2.75) is 25.8 Å². The van der Waals surface area contributed by atoms with E-state index in [1.807, 2.05) is 17.0 Å². The largest absolute Gasteiger partial charge is 0.493 e. The molecule has 3 rings (SSSR count). The molecule has 29 heavy (non-hydrogen) atoms. The molecule has 2 amide bonds. The molecular weight excluding hydrogens is 372 g/mol. The average Bonchev–Trinajstić information content (AvgIpc) is 3.20. The Morgan fingerprint density at radius 1 is 1.14 bits per heavy atom. The van der Waals surface area contributed by atoms with Crippen LogP contribution in [-0.4, -0.2) is 44.1 Å². The molecule has 0 aliphatic carbocycles. The Hall–Kier alpha value is -3.22. The monoisotopic (exact) mass is 398 g/mol. The third kappa shape index (κ3) is 4.29. The van der Waals surface area contributed by atoms with E-state index in [-0.39, 0.29) is 24.3 Å². The van der Waals surface area contributed by atoms with Gasteiger partial charge >= 0.3 is 0 Å². The molecular formula is C22H26N2O5. The van der Waals surface area contributed by atoms with Crippen LogP contribution in [0, 0.1) is 6.92 Å². The van der Waals surface area contributed by atoms with Gasteiger partial charge in [0.25, 0.3) is 11.8 Å². The van der Waals surface area contributed by atoms with Crippen molar-refractivity contribution < 1.29 is 23.8 Å². The van der Waals surface area contributed by atoms with Crippen LogP contribution in [0.5, 0.6) is 17.2 Å². The third-order valence-corrected chi connectivity index (χ3v) is 5.13. The van der Waals surface area contributed by atoms with Gasteiger partial charge in [-0.2, -0.15) is 0 Å². The number of rotatable bonds is 7. The zero-order valence-electron chi connectivity index (χ0n) is 16.9. The number of aryl methyl sites for hydroxylation is 1. The van der Waals surface area contributed by atoms with Gasteiger partial charge in [0.2, 0.25) is 5.75 Å². The van der Waals surface area contributed by atoms with Crippen molar-refractivity contribution in [1.29, 1.82) is 0 Å². The minimum atomic E-state index is -0.618. The molecule has 1 aliphatic heterocycles. The molecule has 1 atom stereocenters. The van der Waals surface area contributed by atoms with Crippen LogP contribution in [0.2, 0.25) is 0 Å². The fourth-order valence-corrected chi connectivity index (χ4v) is 3.75. The van der Waals surface area contributed by atoms with Crippen LogP contribution in [0.25, 0.3) is 0 Å². The first-order valence-electron chi connectivity index (χ1n) is 9.50. The summed E-state index contributed by atoms with van der Waals surface area (Å²) in [6.07, 6.45) is 1.86. The number of benzene rings is 2. The third-order valence-electron chi connectivity index (χ3n) is 5.13. The molecule has 2 N–H and O–H groups in total. The number of nitrogens with two attached hydrogens (primary N) is 1. The predicted molar refractivity (Wildman–Crippen MR) is 108 cm³/mol. The number of hydrogen-bond donors (Lipinski definition) is 1. The lowest BCUT2D eigenvalue weighted by atomic mass is 9.99. The van der Waals surface area contributed by atoms with Crippen molar-refractivity contribution in [3.05, 3.63) is 53.1 Å². The molecule has 0 aromatic heterocycles. The second-order valence-corrected chi connectivity index (χ2v) is 6.98.